The number of ketones is 1. The van der Waals surface area contributed by atoms with Gasteiger partial charge < -0.3 is 4.90 Å². The number of benzene rings is 1. The van der Waals surface area contributed by atoms with Crippen molar-refractivity contribution in [1.29, 1.82) is 0 Å². The normalized spacial score (nSPS) is 22.8. The molecule has 0 saturated heterocycles. The van der Waals surface area contributed by atoms with Crippen molar-refractivity contribution in [2.24, 2.45) is 0 Å². The third-order valence-electron chi connectivity index (χ3n) is 6.20. The standard InChI is InChI=1S/C25H22N2O3S6/c1-25(2)15-11-18-19(34-23(33-18)24-35-21(31-4)22(32-5)36-24)12-16(15)26(3)20(25)9-6-13-10-14(27(29)30)7-8-17(13)28/h6-12H,1-5H3/b13-6-,20-9-. The van der Waals surface area contributed by atoms with E-state index in [0.717, 1.165) is 11.4 Å². The predicted molar refractivity (Wildman–Crippen MR) is 161 cm³/mol. The average Bonchev–Trinajstić information content (AvgIpc) is 3.51. The Morgan fingerprint density at radius 1 is 0.972 bits per heavy atom. The van der Waals surface area contributed by atoms with Gasteiger partial charge >= 0.3 is 0 Å². The van der Waals surface area contributed by atoms with Crippen LogP contribution in [0.2, 0.25) is 0 Å². The Morgan fingerprint density at radius 3 is 2.19 bits per heavy atom. The average molecular weight is 591 g/mol. The summed E-state index contributed by atoms with van der Waals surface area (Å²) < 4.78 is 5.47. The number of carbonyl (C=O) groups excluding carboxylic acids is 1. The van der Waals surface area contributed by atoms with E-state index in [1.54, 1.807) is 6.08 Å². The number of thioether (sulfide) groups is 6. The lowest BCUT2D eigenvalue weighted by Crippen LogP contribution is -2.22. The van der Waals surface area contributed by atoms with Crippen LogP contribution in [0.5, 0.6) is 0 Å². The van der Waals surface area contributed by atoms with Crippen molar-refractivity contribution in [3.63, 3.8) is 0 Å². The molecule has 5 rings (SSSR count). The molecule has 0 atom stereocenters. The monoisotopic (exact) mass is 590 g/mol. The molecular formula is C25H22N2O3S6. The minimum Gasteiger partial charge on any atom is -0.347 e. The van der Waals surface area contributed by atoms with Crippen molar-refractivity contribution < 1.29 is 9.72 Å². The van der Waals surface area contributed by atoms with E-state index in [2.05, 4.69) is 43.4 Å². The number of nitrogens with zero attached hydrogens (tertiary/aromatic N) is 2. The number of allylic oxidation sites excluding steroid dienone is 7. The number of hydrogen-bond acceptors (Lipinski definition) is 10. The Kier molecular flexibility index (Phi) is 7.34. The third kappa shape index (κ3) is 4.56. The van der Waals surface area contributed by atoms with E-state index in [4.69, 9.17) is 0 Å². The van der Waals surface area contributed by atoms with E-state index in [9.17, 15) is 14.9 Å². The van der Waals surface area contributed by atoms with Crippen LogP contribution >= 0.6 is 70.6 Å². The summed E-state index contributed by atoms with van der Waals surface area (Å²) in [7, 11) is 2.04. The Labute approximate surface area is 236 Å². The molecule has 0 radical (unpaired) electrons. The summed E-state index contributed by atoms with van der Waals surface area (Å²) in [6.45, 7) is 4.36. The van der Waals surface area contributed by atoms with Gasteiger partial charge in [-0.3, -0.25) is 14.9 Å². The summed E-state index contributed by atoms with van der Waals surface area (Å²) in [5.41, 5.74) is 3.39. The Morgan fingerprint density at radius 2 is 1.58 bits per heavy atom. The van der Waals surface area contributed by atoms with Crippen LogP contribution in [0.15, 0.2) is 86.2 Å². The van der Waals surface area contributed by atoms with Crippen LogP contribution in [0.25, 0.3) is 0 Å². The van der Waals surface area contributed by atoms with Gasteiger partial charge in [0.1, 0.15) is 0 Å². The van der Waals surface area contributed by atoms with Crippen molar-refractivity contribution in [3.8, 4) is 0 Å². The SMILES string of the molecule is CSC1=C(SC)SC(=C2Sc3cc4c(cc3S2)C(C)(C)/C(=C/C=C2/C=C([N+](=O)[O-])C=CC2=O)N4C)S1. The number of carbonyl (C=O) groups is 1. The van der Waals surface area contributed by atoms with E-state index in [1.165, 1.54) is 50.5 Å². The maximum atomic E-state index is 12.3. The van der Waals surface area contributed by atoms with Gasteiger partial charge in [-0.2, -0.15) is 0 Å². The number of rotatable bonds is 4. The van der Waals surface area contributed by atoms with Crippen LogP contribution in [0.1, 0.15) is 19.4 Å². The summed E-state index contributed by atoms with van der Waals surface area (Å²) in [5.74, 6) is -0.229. The molecule has 0 aromatic heterocycles. The smallest absolute Gasteiger partial charge is 0.270 e. The largest absolute Gasteiger partial charge is 0.347 e. The quantitative estimate of drug-likeness (QED) is 0.195. The molecule has 1 aromatic carbocycles. The van der Waals surface area contributed by atoms with Gasteiger partial charge in [0.05, 0.1) is 21.9 Å². The van der Waals surface area contributed by atoms with Crippen LogP contribution in [0, 0.1) is 10.1 Å². The lowest BCUT2D eigenvalue weighted by molar-refractivity contribution is -0.419. The van der Waals surface area contributed by atoms with Crippen LogP contribution in [-0.2, 0) is 10.2 Å². The molecule has 1 aromatic rings. The molecule has 0 spiro atoms. The van der Waals surface area contributed by atoms with Gasteiger partial charge in [0.15, 0.2) is 5.78 Å². The molecule has 186 valence electrons. The first kappa shape index (κ1) is 26.2. The van der Waals surface area contributed by atoms with Gasteiger partial charge in [0.2, 0.25) is 0 Å². The number of likely N-dealkylation sites (N-methyl/N-ethyl adjacent to an activating group) is 1. The number of anilines is 1. The Hall–Kier alpha value is -1.37. The van der Waals surface area contributed by atoms with Crippen molar-refractivity contribution >= 4 is 82.0 Å². The van der Waals surface area contributed by atoms with Crippen LogP contribution in [0.3, 0.4) is 0 Å². The second-order valence-electron chi connectivity index (χ2n) is 8.66. The molecule has 0 saturated carbocycles. The zero-order chi connectivity index (χ0) is 25.8. The van der Waals surface area contributed by atoms with Crippen LogP contribution < -0.4 is 4.90 Å². The lowest BCUT2D eigenvalue weighted by Gasteiger charge is -2.24. The highest BCUT2D eigenvalue weighted by Crippen LogP contribution is 2.64. The minimum atomic E-state index is -0.478. The summed E-state index contributed by atoms with van der Waals surface area (Å²) in [4.78, 5) is 27.7. The molecule has 3 heterocycles. The van der Waals surface area contributed by atoms with E-state index < -0.39 is 4.92 Å². The predicted octanol–water partition coefficient (Wildman–Crippen LogP) is 8.18. The minimum absolute atomic E-state index is 0.0833. The first-order valence-corrected chi connectivity index (χ1v) is 16.6. The fourth-order valence-corrected chi connectivity index (χ4v) is 12.2. The fourth-order valence-electron chi connectivity index (χ4n) is 4.35. The van der Waals surface area contributed by atoms with Crippen LogP contribution in [-0.4, -0.2) is 30.3 Å². The summed E-state index contributed by atoms with van der Waals surface area (Å²) in [6.07, 6.45) is 11.7. The maximum absolute atomic E-state index is 12.3. The summed E-state index contributed by atoms with van der Waals surface area (Å²) >= 11 is 11.1. The molecule has 1 aliphatic carbocycles. The second-order valence-corrected chi connectivity index (χ2v) is 15.5. The van der Waals surface area contributed by atoms with Crippen molar-refractivity contribution in [3.05, 3.63) is 92.1 Å². The topological polar surface area (TPSA) is 63.5 Å². The number of hydrogen-bond donors (Lipinski definition) is 0. The molecule has 0 amide bonds. The molecule has 4 aliphatic rings. The molecule has 3 aliphatic heterocycles. The Balaban J connectivity index is 1.45. The summed E-state index contributed by atoms with van der Waals surface area (Å²) in [6, 6.07) is 4.58. The van der Waals surface area contributed by atoms with Crippen LogP contribution in [0.4, 0.5) is 5.69 Å². The first-order valence-electron chi connectivity index (χ1n) is 10.8. The maximum Gasteiger partial charge on any atom is 0.270 e. The molecule has 5 nitrogen and oxygen atoms in total. The van der Waals surface area contributed by atoms with E-state index in [-0.39, 0.29) is 16.9 Å². The zero-order valence-electron chi connectivity index (χ0n) is 20.1. The van der Waals surface area contributed by atoms with Crippen molar-refractivity contribution in [1.82, 2.24) is 0 Å². The molecule has 0 unspecified atom stereocenters. The molecule has 11 heteroatoms. The highest BCUT2D eigenvalue weighted by molar-refractivity contribution is 8.41. The summed E-state index contributed by atoms with van der Waals surface area (Å²) in [5, 5.41) is 11.1. The van der Waals surface area contributed by atoms with Gasteiger partial charge in [-0.05, 0) is 48.4 Å². The second kappa shape index (κ2) is 10.1. The highest BCUT2D eigenvalue weighted by Gasteiger charge is 2.40. The van der Waals surface area contributed by atoms with Crippen molar-refractivity contribution in [2.45, 2.75) is 29.1 Å². The van der Waals surface area contributed by atoms with Gasteiger partial charge in [0.25, 0.3) is 5.70 Å². The third-order valence-corrected chi connectivity index (χ3v) is 14.5. The van der Waals surface area contributed by atoms with Gasteiger partial charge in [0, 0.05) is 51.4 Å². The van der Waals surface area contributed by atoms with Gasteiger partial charge in [-0.15, -0.1) is 23.5 Å². The van der Waals surface area contributed by atoms with Crippen molar-refractivity contribution in [2.75, 3.05) is 24.5 Å². The van der Waals surface area contributed by atoms with E-state index >= 15 is 0 Å². The highest BCUT2D eigenvalue weighted by atomic mass is 32.3. The molecule has 0 fully saturated rings. The van der Waals surface area contributed by atoms with E-state index in [0.29, 0.717) is 5.57 Å². The van der Waals surface area contributed by atoms with Gasteiger partial charge in [-0.1, -0.05) is 60.9 Å². The Bertz CT molecular complexity index is 1380. The van der Waals surface area contributed by atoms with Gasteiger partial charge in [-0.25, -0.2) is 0 Å². The molecule has 36 heavy (non-hydrogen) atoms. The first-order chi connectivity index (χ1) is 17.1. The lowest BCUT2D eigenvalue weighted by atomic mass is 9.83. The fraction of sp³-hybridized carbons (Fsp3) is 0.240. The molecule has 0 N–H and O–H groups in total. The molecular weight excluding hydrogens is 569 g/mol. The number of fused-ring (bicyclic) bond motifs is 2. The van der Waals surface area contributed by atoms with E-state index in [1.807, 2.05) is 83.7 Å². The zero-order valence-corrected chi connectivity index (χ0v) is 25.0. The molecule has 0 bridgehead atoms. The number of nitro groups is 1.